The highest BCUT2D eigenvalue weighted by Gasteiger charge is 2.42. The largest absolute Gasteiger partial charge is 0.340 e. The third kappa shape index (κ3) is 3.39. The Labute approximate surface area is 132 Å². The van der Waals surface area contributed by atoms with Crippen LogP contribution >= 0.6 is 23.2 Å². The van der Waals surface area contributed by atoms with Crippen LogP contribution in [0.5, 0.6) is 0 Å². The summed E-state index contributed by atoms with van der Waals surface area (Å²) in [4.78, 5) is 38.0. The molecule has 0 aromatic heterocycles. The summed E-state index contributed by atoms with van der Waals surface area (Å²) in [6.45, 7) is 3.23. The quantitative estimate of drug-likeness (QED) is 0.623. The number of hydrogen-bond acceptors (Lipinski definition) is 3. The molecule has 1 fully saturated rings. The summed E-state index contributed by atoms with van der Waals surface area (Å²) in [5, 5.41) is 2.64. The highest BCUT2D eigenvalue weighted by Crippen LogP contribution is 2.28. The first-order valence-electron chi connectivity index (χ1n) is 6.46. The van der Waals surface area contributed by atoms with Gasteiger partial charge in [-0.1, -0.05) is 11.6 Å². The molecule has 1 aliphatic heterocycles. The number of nitrogens with zero attached hydrogens (tertiary/aromatic N) is 2. The molecule has 5 amide bonds. The van der Waals surface area contributed by atoms with E-state index in [1.807, 2.05) is 0 Å². The molecule has 2 rings (SSSR count). The minimum Gasteiger partial charge on any atom is -0.335 e. The second-order valence-corrected chi connectivity index (χ2v) is 6.15. The minimum absolute atomic E-state index is 0.134. The van der Waals surface area contributed by atoms with Gasteiger partial charge in [-0.3, -0.25) is 4.79 Å². The number of allylic oxidation sites excluding steroid dienone is 3. The molecule has 2 aliphatic rings. The molecule has 21 heavy (non-hydrogen) atoms. The monoisotopic (exact) mass is 331 g/mol. The van der Waals surface area contributed by atoms with E-state index in [0.717, 1.165) is 9.80 Å². The van der Waals surface area contributed by atoms with Crippen molar-refractivity contribution in [3.63, 3.8) is 0 Å². The lowest BCUT2D eigenvalue weighted by atomic mass is 10.1. The summed E-state index contributed by atoms with van der Waals surface area (Å²) in [5.41, 5.74) is 0.307. The molecule has 0 spiro atoms. The van der Waals surface area contributed by atoms with Crippen molar-refractivity contribution in [2.24, 2.45) is 0 Å². The summed E-state index contributed by atoms with van der Waals surface area (Å²) < 4.78 is 0. The smallest absolute Gasteiger partial charge is 0.335 e. The highest BCUT2D eigenvalue weighted by molar-refractivity contribution is 6.31. The van der Waals surface area contributed by atoms with E-state index >= 15 is 0 Å². The van der Waals surface area contributed by atoms with E-state index in [2.05, 4.69) is 5.32 Å². The average molecular weight is 332 g/mol. The van der Waals surface area contributed by atoms with Crippen LogP contribution in [0.25, 0.3) is 0 Å². The van der Waals surface area contributed by atoms with Gasteiger partial charge in [-0.2, -0.15) is 0 Å². The zero-order chi connectivity index (χ0) is 15.7. The molecule has 114 valence electrons. The van der Waals surface area contributed by atoms with Crippen molar-refractivity contribution in [3.05, 3.63) is 22.9 Å². The number of amides is 5. The van der Waals surface area contributed by atoms with Gasteiger partial charge in [-0.25, -0.2) is 19.4 Å². The van der Waals surface area contributed by atoms with Gasteiger partial charge < -0.3 is 5.32 Å². The lowest BCUT2D eigenvalue weighted by Gasteiger charge is -2.21. The molecular weight excluding hydrogens is 317 g/mol. The molecule has 1 atom stereocenters. The van der Waals surface area contributed by atoms with Crippen LogP contribution in [-0.4, -0.2) is 45.7 Å². The predicted octanol–water partition coefficient (Wildman–Crippen LogP) is 2.39. The second kappa shape index (κ2) is 6.07. The van der Waals surface area contributed by atoms with E-state index in [4.69, 9.17) is 23.2 Å². The summed E-state index contributed by atoms with van der Waals surface area (Å²) in [6, 6.07) is -1.43. The number of carbonyl (C=O) groups excluding carboxylic acids is 3. The third-order valence-corrected chi connectivity index (χ3v) is 3.47. The van der Waals surface area contributed by atoms with E-state index in [1.54, 1.807) is 19.9 Å². The Morgan fingerprint density at radius 2 is 2.10 bits per heavy atom. The van der Waals surface area contributed by atoms with Crippen molar-refractivity contribution in [1.29, 1.82) is 0 Å². The fraction of sp³-hybridized carbons (Fsp3) is 0.462. The standard InChI is InChI=1S/C13H15Cl2N3O3/c1-7(2)16-12(20)17-6-11(19)18(13(17)21)10-4-8(14)3-9(15)5-10/h4-5,7-8H,3,6H2,1-2H3,(H,16,20). The van der Waals surface area contributed by atoms with Crippen molar-refractivity contribution in [1.82, 2.24) is 15.1 Å². The number of rotatable bonds is 2. The topological polar surface area (TPSA) is 69.7 Å². The SMILES string of the molecule is CC(C)NC(=O)N1CC(=O)N(C2=CC(Cl)CC(Cl)=C2)C1=O. The van der Waals surface area contributed by atoms with Gasteiger partial charge in [0.05, 0.1) is 11.1 Å². The van der Waals surface area contributed by atoms with E-state index < -0.39 is 23.3 Å². The average Bonchev–Trinajstić information content (AvgIpc) is 2.62. The summed E-state index contributed by atoms with van der Waals surface area (Å²) in [6.07, 6.45) is 3.54. The molecular formula is C13H15Cl2N3O3. The highest BCUT2D eigenvalue weighted by atomic mass is 35.5. The Bertz CT molecular complexity index is 557. The number of urea groups is 2. The maximum atomic E-state index is 12.3. The summed E-state index contributed by atoms with van der Waals surface area (Å²) >= 11 is 11.9. The van der Waals surface area contributed by atoms with Crippen LogP contribution in [0.15, 0.2) is 22.9 Å². The third-order valence-electron chi connectivity index (χ3n) is 2.93. The Hall–Kier alpha value is -1.53. The molecule has 1 heterocycles. The lowest BCUT2D eigenvalue weighted by Crippen LogP contribution is -2.45. The van der Waals surface area contributed by atoms with Crippen LogP contribution < -0.4 is 5.32 Å². The van der Waals surface area contributed by atoms with E-state index in [9.17, 15) is 14.4 Å². The zero-order valence-corrected chi connectivity index (χ0v) is 13.1. The maximum Gasteiger partial charge on any atom is 0.340 e. The Morgan fingerprint density at radius 1 is 1.43 bits per heavy atom. The molecule has 1 aliphatic carbocycles. The van der Waals surface area contributed by atoms with Crippen LogP contribution in [0.2, 0.25) is 0 Å². The van der Waals surface area contributed by atoms with Gasteiger partial charge in [0, 0.05) is 17.5 Å². The first-order valence-corrected chi connectivity index (χ1v) is 7.28. The number of hydrogen-bond donors (Lipinski definition) is 1. The van der Waals surface area contributed by atoms with Gasteiger partial charge in [0.25, 0.3) is 5.91 Å². The predicted molar refractivity (Wildman–Crippen MR) is 78.9 cm³/mol. The van der Waals surface area contributed by atoms with Gasteiger partial charge in [-0.15, -0.1) is 11.6 Å². The van der Waals surface area contributed by atoms with Crippen molar-refractivity contribution < 1.29 is 14.4 Å². The Kier molecular flexibility index (Phi) is 4.58. The Morgan fingerprint density at radius 3 is 2.67 bits per heavy atom. The number of nitrogens with one attached hydrogen (secondary N) is 1. The van der Waals surface area contributed by atoms with Crippen molar-refractivity contribution >= 4 is 41.2 Å². The van der Waals surface area contributed by atoms with Crippen molar-refractivity contribution in [2.45, 2.75) is 31.7 Å². The van der Waals surface area contributed by atoms with E-state index in [1.165, 1.54) is 6.08 Å². The van der Waals surface area contributed by atoms with Crippen LogP contribution in [0.4, 0.5) is 9.59 Å². The molecule has 0 radical (unpaired) electrons. The molecule has 1 N–H and O–H groups in total. The maximum absolute atomic E-state index is 12.3. The molecule has 1 unspecified atom stereocenters. The van der Waals surface area contributed by atoms with Crippen molar-refractivity contribution in [2.75, 3.05) is 6.54 Å². The van der Waals surface area contributed by atoms with Gasteiger partial charge >= 0.3 is 12.1 Å². The van der Waals surface area contributed by atoms with Crippen LogP contribution in [0.1, 0.15) is 20.3 Å². The van der Waals surface area contributed by atoms with Gasteiger partial charge in [0.2, 0.25) is 0 Å². The molecule has 0 aromatic rings. The summed E-state index contributed by atoms with van der Waals surface area (Å²) in [5.74, 6) is -0.489. The second-order valence-electron chi connectivity index (χ2n) is 5.10. The van der Waals surface area contributed by atoms with Crippen molar-refractivity contribution in [3.8, 4) is 0 Å². The number of alkyl halides is 1. The molecule has 8 heteroatoms. The number of carbonyl (C=O) groups is 3. The Balaban J connectivity index is 2.21. The molecule has 6 nitrogen and oxygen atoms in total. The fourth-order valence-corrected chi connectivity index (χ4v) is 2.73. The normalized spacial score (nSPS) is 22.6. The molecule has 1 saturated heterocycles. The molecule has 0 saturated carbocycles. The lowest BCUT2D eigenvalue weighted by molar-refractivity contribution is -0.123. The minimum atomic E-state index is -0.698. The fourth-order valence-electron chi connectivity index (χ4n) is 2.08. The van der Waals surface area contributed by atoms with E-state index in [-0.39, 0.29) is 12.6 Å². The van der Waals surface area contributed by atoms with Gasteiger partial charge in [0.15, 0.2) is 0 Å². The summed E-state index contributed by atoms with van der Waals surface area (Å²) in [7, 11) is 0. The van der Waals surface area contributed by atoms with Gasteiger partial charge in [0.1, 0.15) is 6.54 Å². The number of imide groups is 2. The number of halogens is 2. The van der Waals surface area contributed by atoms with Crippen LogP contribution in [0.3, 0.4) is 0 Å². The first kappa shape index (κ1) is 15.9. The van der Waals surface area contributed by atoms with Crippen LogP contribution in [0, 0.1) is 0 Å². The van der Waals surface area contributed by atoms with Gasteiger partial charge in [-0.05, 0) is 26.0 Å². The van der Waals surface area contributed by atoms with Crippen LogP contribution in [-0.2, 0) is 4.79 Å². The zero-order valence-electron chi connectivity index (χ0n) is 11.6. The first-order chi connectivity index (χ1) is 9.79. The molecule has 0 aromatic carbocycles. The molecule has 0 bridgehead atoms. The van der Waals surface area contributed by atoms with E-state index in [0.29, 0.717) is 17.2 Å².